The molecule has 3 aromatic heterocycles. The van der Waals surface area contributed by atoms with Crippen LogP contribution in [0.3, 0.4) is 0 Å². The lowest BCUT2D eigenvalue weighted by atomic mass is 10.2. The van der Waals surface area contributed by atoms with Crippen molar-refractivity contribution in [2.75, 3.05) is 7.05 Å². The monoisotopic (exact) mass is 317 g/mol. The molecule has 3 aromatic rings. The van der Waals surface area contributed by atoms with Gasteiger partial charge >= 0.3 is 0 Å². The Morgan fingerprint density at radius 2 is 2.23 bits per heavy atom. The van der Waals surface area contributed by atoms with E-state index in [1.807, 2.05) is 5.38 Å². The summed E-state index contributed by atoms with van der Waals surface area (Å²) in [7, 11) is 1.67. The topological polar surface area (TPSA) is 79.2 Å². The summed E-state index contributed by atoms with van der Waals surface area (Å²) in [5.74, 6) is 1.58. The van der Waals surface area contributed by atoms with Gasteiger partial charge in [0.05, 0.1) is 17.6 Å². The summed E-state index contributed by atoms with van der Waals surface area (Å²) >= 11 is 1.35. The molecule has 0 spiro atoms. The third-order valence-electron chi connectivity index (χ3n) is 3.37. The van der Waals surface area contributed by atoms with Crippen LogP contribution in [0.2, 0.25) is 0 Å². The molecule has 0 radical (unpaired) electrons. The largest absolute Gasteiger partial charge is 0.466 e. The highest BCUT2D eigenvalue weighted by Crippen LogP contribution is 2.17. The second kappa shape index (κ2) is 5.42. The number of furan rings is 1. The number of aryl methyl sites for hydroxylation is 2. The minimum absolute atomic E-state index is 0.164. The normalized spacial score (nSPS) is 11.0. The van der Waals surface area contributed by atoms with Gasteiger partial charge in [0.25, 0.3) is 11.5 Å². The van der Waals surface area contributed by atoms with E-state index in [9.17, 15) is 9.59 Å². The summed E-state index contributed by atoms with van der Waals surface area (Å²) < 4.78 is 5.98. The number of aromatic amines is 1. The first-order chi connectivity index (χ1) is 10.5. The third-order valence-corrected chi connectivity index (χ3v) is 4.27. The quantitative estimate of drug-likeness (QED) is 0.805. The molecule has 22 heavy (non-hydrogen) atoms. The molecule has 3 heterocycles. The van der Waals surface area contributed by atoms with Crippen LogP contribution in [0.25, 0.3) is 10.2 Å². The zero-order chi connectivity index (χ0) is 15.9. The standard InChI is InChI=1S/C15H15N3O3S/c1-8-6-10(9(2)21-8)15(20)18(3)7-12-16-11-4-5-22-13(11)14(19)17-12/h4-6H,7H2,1-3H3,(H,16,17,19). The van der Waals surface area contributed by atoms with Gasteiger partial charge in [-0.15, -0.1) is 11.3 Å². The number of aromatic nitrogens is 2. The van der Waals surface area contributed by atoms with E-state index in [4.69, 9.17) is 4.42 Å². The summed E-state index contributed by atoms with van der Waals surface area (Å²) in [6.07, 6.45) is 0. The van der Waals surface area contributed by atoms with E-state index >= 15 is 0 Å². The summed E-state index contributed by atoms with van der Waals surface area (Å²) in [5.41, 5.74) is 1.00. The van der Waals surface area contributed by atoms with Gasteiger partial charge in [-0.3, -0.25) is 9.59 Å². The van der Waals surface area contributed by atoms with Crippen molar-refractivity contribution in [2.45, 2.75) is 20.4 Å². The molecule has 0 aliphatic heterocycles. The number of thiophene rings is 1. The molecule has 114 valence electrons. The zero-order valence-corrected chi connectivity index (χ0v) is 13.3. The van der Waals surface area contributed by atoms with Gasteiger partial charge in [0.1, 0.15) is 22.0 Å². The second-order valence-corrected chi connectivity index (χ2v) is 6.05. The van der Waals surface area contributed by atoms with Crippen molar-refractivity contribution in [3.05, 3.63) is 50.8 Å². The van der Waals surface area contributed by atoms with Gasteiger partial charge in [0.2, 0.25) is 0 Å². The molecular weight excluding hydrogens is 302 g/mol. The highest BCUT2D eigenvalue weighted by Gasteiger charge is 2.18. The lowest BCUT2D eigenvalue weighted by molar-refractivity contribution is 0.0780. The number of rotatable bonds is 3. The molecule has 0 atom stereocenters. The molecule has 3 rings (SSSR count). The maximum Gasteiger partial charge on any atom is 0.268 e. The first kappa shape index (κ1) is 14.5. The van der Waals surface area contributed by atoms with Crippen molar-refractivity contribution in [1.82, 2.24) is 14.9 Å². The molecule has 0 unspecified atom stereocenters. The molecule has 7 heteroatoms. The van der Waals surface area contributed by atoms with Crippen molar-refractivity contribution < 1.29 is 9.21 Å². The number of nitrogens with one attached hydrogen (secondary N) is 1. The number of hydrogen-bond acceptors (Lipinski definition) is 5. The molecule has 0 aromatic carbocycles. The number of carbonyl (C=O) groups excluding carboxylic acids is 1. The maximum atomic E-state index is 12.4. The Balaban J connectivity index is 1.86. The molecule has 6 nitrogen and oxygen atoms in total. The Hall–Kier alpha value is -2.41. The van der Waals surface area contributed by atoms with Gasteiger partial charge < -0.3 is 14.3 Å². The van der Waals surface area contributed by atoms with Crippen LogP contribution < -0.4 is 5.56 Å². The predicted octanol–water partition coefficient (Wildman–Crippen LogP) is 2.47. The van der Waals surface area contributed by atoms with Crippen LogP contribution in [0.1, 0.15) is 27.7 Å². The fraction of sp³-hybridized carbons (Fsp3) is 0.267. The Kier molecular flexibility index (Phi) is 3.58. The van der Waals surface area contributed by atoms with E-state index in [1.165, 1.54) is 16.2 Å². The average molecular weight is 317 g/mol. The molecular formula is C15H15N3O3S. The van der Waals surface area contributed by atoms with E-state index in [0.29, 0.717) is 33.1 Å². The Bertz CT molecular complexity index is 906. The van der Waals surface area contributed by atoms with Crippen LogP contribution in [0.4, 0.5) is 0 Å². The lowest BCUT2D eigenvalue weighted by Gasteiger charge is -2.16. The first-order valence-electron chi connectivity index (χ1n) is 6.74. The highest BCUT2D eigenvalue weighted by molar-refractivity contribution is 7.17. The van der Waals surface area contributed by atoms with E-state index in [2.05, 4.69) is 9.97 Å². The van der Waals surface area contributed by atoms with E-state index in [1.54, 1.807) is 33.0 Å². The van der Waals surface area contributed by atoms with Gasteiger partial charge in [-0.1, -0.05) is 0 Å². The molecule has 0 saturated heterocycles. The summed E-state index contributed by atoms with van der Waals surface area (Å²) in [5, 5.41) is 1.82. The third kappa shape index (κ3) is 2.55. The maximum absolute atomic E-state index is 12.4. The number of hydrogen-bond donors (Lipinski definition) is 1. The number of H-pyrrole nitrogens is 1. The minimum atomic E-state index is -0.175. The summed E-state index contributed by atoms with van der Waals surface area (Å²) in [6, 6.07) is 3.51. The molecule has 0 aliphatic rings. The van der Waals surface area contributed by atoms with E-state index in [-0.39, 0.29) is 18.0 Å². The van der Waals surface area contributed by atoms with Crippen LogP contribution in [-0.4, -0.2) is 27.8 Å². The molecule has 1 N–H and O–H groups in total. The summed E-state index contributed by atoms with van der Waals surface area (Å²) in [4.78, 5) is 33.0. The van der Waals surface area contributed by atoms with Crippen molar-refractivity contribution >= 4 is 27.5 Å². The second-order valence-electron chi connectivity index (χ2n) is 5.14. The van der Waals surface area contributed by atoms with Crippen molar-refractivity contribution in [3.8, 4) is 0 Å². The van der Waals surface area contributed by atoms with Gasteiger partial charge in [-0.2, -0.15) is 0 Å². The van der Waals surface area contributed by atoms with Crippen molar-refractivity contribution in [2.24, 2.45) is 0 Å². The fourth-order valence-electron chi connectivity index (χ4n) is 2.34. The zero-order valence-electron chi connectivity index (χ0n) is 12.5. The van der Waals surface area contributed by atoms with Crippen LogP contribution in [0.15, 0.2) is 26.7 Å². The number of amides is 1. The van der Waals surface area contributed by atoms with Crippen LogP contribution in [-0.2, 0) is 6.54 Å². The Morgan fingerprint density at radius 3 is 2.91 bits per heavy atom. The van der Waals surface area contributed by atoms with E-state index < -0.39 is 0 Å². The average Bonchev–Trinajstić information content (AvgIpc) is 3.04. The first-order valence-corrected chi connectivity index (χ1v) is 7.62. The van der Waals surface area contributed by atoms with Crippen LogP contribution in [0.5, 0.6) is 0 Å². The number of carbonyl (C=O) groups is 1. The molecule has 0 fully saturated rings. The minimum Gasteiger partial charge on any atom is -0.466 e. The highest BCUT2D eigenvalue weighted by atomic mass is 32.1. The number of fused-ring (bicyclic) bond motifs is 1. The number of nitrogens with zero attached hydrogens (tertiary/aromatic N) is 2. The van der Waals surface area contributed by atoms with Crippen LogP contribution in [0, 0.1) is 13.8 Å². The van der Waals surface area contributed by atoms with Gasteiger partial charge in [0.15, 0.2) is 0 Å². The Morgan fingerprint density at radius 1 is 1.45 bits per heavy atom. The van der Waals surface area contributed by atoms with Gasteiger partial charge in [-0.05, 0) is 31.4 Å². The molecule has 0 saturated carbocycles. The SMILES string of the molecule is Cc1cc(C(=O)N(C)Cc2nc3ccsc3c(=O)[nH]2)c(C)o1. The van der Waals surface area contributed by atoms with Crippen LogP contribution >= 0.6 is 11.3 Å². The molecule has 0 aliphatic carbocycles. The Labute approximate surface area is 130 Å². The smallest absolute Gasteiger partial charge is 0.268 e. The molecule has 0 bridgehead atoms. The molecule has 1 amide bonds. The van der Waals surface area contributed by atoms with E-state index in [0.717, 1.165) is 0 Å². The van der Waals surface area contributed by atoms with Crippen molar-refractivity contribution in [1.29, 1.82) is 0 Å². The fourth-order valence-corrected chi connectivity index (χ4v) is 3.07. The van der Waals surface area contributed by atoms with Crippen molar-refractivity contribution in [3.63, 3.8) is 0 Å². The predicted molar refractivity (Wildman–Crippen MR) is 84.2 cm³/mol. The van der Waals surface area contributed by atoms with Gasteiger partial charge in [0, 0.05) is 7.05 Å². The van der Waals surface area contributed by atoms with Gasteiger partial charge in [-0.25, -0.2) is 4.98 Å². The lowest BCUT2D eigenvalue weighted by Crippen LogP contribution is -2.28. The summed E-state index contributed by atoms with van der Waals surface area (Å²) in [6.45, 7) is 3.78.